The van der Waals surface area contributed by atoms with Crippen LogP contribution in [0, 0.1) is 34.5 Å². The van der Waals surface area contributed by atoms with Crippen molar-refractivity contribution in [2.24, 2.45) is 40.2 Å². The molecule has 25 heavy (non-hydrogen) atoms. The molecule has 0 aliphatic heterocycles. The molecule has 3 heteroatoms. The average molecular weight is 340 g/mol. The lowest BCUT2D eigenvalue weighted by Gasteiger charge is -2.60. The highest BCUT2D eigenvalue weighted by Gasteiger charge is 2.58. The highest BCUT2D eigenvalue weighted by molar-refractivity contribution is 5.56. The van der Waals surface area contributed by atoms with E-state index in [-0.39, 0.29) is 0 Å². The summed E-state index contributed by atoms with van der Waals surface area (Å²) in [4.78, 5) is 4.30. The SMILES string of the molecule is CC12CCC3C(CCC4CC(N)CCC43C)C1CC=C2n1ccnc1. The normalized spacial score (nSPS) is 49.1. The van der Waals surface area contributed by atoms with Crippen LogP contribution in [0.2, 0.25) is 0 Å². The molecule has 4 aliphatic carbocycles. The number of fused-ring (bicyclic) bond motifs is 5. The van der Waals surface area contributed by atoms with Crippen molar-refractivity contribution in [3.63, 3.8) is 0 Å². The molecular weight excluding hydrogens is 306 g/mol. The van der Waals surface area contributed by atoms with E-state index in [2.05, 4.69) is 35.7 Å². The number of nitrogens with two attached hydrogens (primary N) is 1. The second-order valence-corrected chi connectivity index (χ2v) is 9.94. The van der Waals surface area contributed by atoms with Crippen LogP contribution in [-0.2, 0) is 0 Å². The van der Waals surface area contributed by atoms with E-state index in [1.54, 1.807) is 0 Å². The van der Waals surface area contributed by atoms with Crippen LogP contribution < -0.4 is 5.73 Å². The maximum Gasteiger partial charge on any atom is 0.0989 e. The predicted octanol–water partition coefficient (Wildman–Crippen LogP) is 4.70. The van der Waals surface area contributed by atoms with Gasteiger partial charge in [-0.05, 0) is 80.5 Å². The van der Waals surface area contributed by atoms with Gasteiger partial charge in [-0.2, -0.15) is 0 Å². The first-order chi connectivity index (χ1) is 12.0. The molecule has 0 spiro atoms. The Balaban J connectivity index is 1.44. The molecule has 7 unspecified atom stereocenters. The van der Waals surface area contributed by atoms with Gasteiger partial charge in [0.25, 0.3) is 0 Å². The summed E-state index contributed by atoms with van der Waals surface area (Å²) < 4.78 is 2.29. The molecule has 0 aromatic carbocycles. The highest BCUT2D eigenvalue weighted by atomic mass is 15.1. The number of aromatic nitrogens is 2. The van der Waals surface area contributed by atoms with Crippen LogP contribution in [0.5, 0.6) is 0 Å². The van der Waals surface area contributed by atoms with E-state index >= 15 is 0 Å². The number of hydrogen-bond donors (Lipinski definition) is 1. The molecule has 5 rings (SSSR count). The van der Waals surface area contributed by atoms with Gasteiger partial charge in [0.2, 0.25) is 0 Å². The van der Waals surface area contributed by atoms with Gasteiger partial charge in [0, 0.05) is 29.5 Å². The third kappa shape index (κ3) is 2.17. The lowest BCUT2D eigenvalue weighted by Crippen LogP contribution is -2.54. The summed E-state index contributed by atoms with van der Waals surface area (Å²) in [7, 11) is 0. The van der Waals surface area contributed by atoms with Gasteiger partial charge in [-0.25, -0.2) is 4.98 Å². The Bertz CT molecular complexity index is 677. The van der Waals surface area contributed by atoms with Gasteiger partial charge in [-0.15, -0.1) is 0 Å². The lowest BCUT2D eigenvalue weighted by atomic mass is 9.45. The Labute approximate surface area is 152 Å². The van der Waals surface area contributed by atoms with E-state index in [0.29, 0.717) is 16.9 Å². The molecule has 3 nitrogen and oxygen atoms in total. The van der Waals surface area contributed by atoms with E-state index in [0.717, 1.165) is 23.7 Å². The zero-order chi connectivity index (χ0) is 17.2. The molecular formula is C22H33N3. The Hall–Kier alpha value is -1.09. The van der Waals surface area contributed by atoms with Gasteiger partial charge in [0.05, 0.1) is 6.33 Å². The summed E-state index contributed by atoms with van der Waals surface area (Å²) in [5, 5.41) is 0. The second-order valence-electron chi connectivity index (χ2n) is 9.94. The molecule has 2 N–H and O–H groups in total. The van der Waals surface area contributed by atoms with Crippen molar-refractivity contribution in [1.29, 1.82) is 0 Å². The lowest BCUT2D eigenvalue weighted by molar-refractivity contribution is -0.0987. The van der Waals surface area contributed by atoms with Crippen LogP contribution in [0.15, 0.2) is 24.8 Å². The molecule has 3 saturated carbocycles. The summed E-state index contributed by atoms with van der Waals surface area (Å²) in [6, 6.07) is 0.462. The fourth-order valence-corrected chi connectivity index (χ4v) is 7.64. The number of nitrogens with zero attached hydrogens (tertiary/aromatic N) is 2. The minimum absolute atomic E-state index is 0.343. The molecule has 1 heterocycles. The van der Waals surface area contributed by atoms with Gasteiger partial charge < -0.3 is 10.3 Å². The van der Waals surface area contributed by atoms with Crippen LogP contribution in [-0.4, -0.2) is 15.6 Å². The van der Waals surface area contributed by atoms with Crippen LogP contribution in [0.4, 0.5) is 0 Å². The van der Waals surface area contributed by atoms with Crippen molar-refractivity contribution in [3.05, 3.63) is 24.8 Å². The summed E-state index contributed by atoms with van der Waals surface area (Å²) in [5.41, 5.74) is 8.75. The highest BCUT2D eigenvalue weighted by Crippen LogP contribution is 2.66. The van der Waals surface area contributed by atoms with Crippen LogP contribution in [0.3, 0.4) is 0 Å². The third-order valence-electron chi connectivity index (χ3n) is 9.03. The maximum absolute atomic E-state index is 6.33. The van der Waals surface area contributed by atoms with Crippen molar-refractivity contribution < 1.29 is 0 Å². The molecule has 1 aromatic rings. The zero-order valence-corrected chi connectivity index (χ0v) is 15.8. The first kappa shape index (κ1) is 16.1. The molecule has 0 saturated heterocycles. The van der Waals surface area contributed by atoms with Crippen LogP contribution in [0.25, 0.3) is 5.70 Å². The molecule has 4 aliphatic rings. The fourth-order valence-electron chi connectivity index (χ4n) is 7.64. The van der Waals surface area contributed by atoms with Crippen molar-refractivity contribution in [2.75, 3.05) is 0 Å². The number of rotatable bonds is 1. The Kier molecular flexibility index (Phi) is 3.51. The summed E-state index contributed by atoms with van der Waals surface area (Å²) in [5.74, 6) is 3.54. The predicted molar refractivity (Wildman–Crippen MR) is 102 cm³/mol. The summed E-state index contributed by atoms with van der Waals surface area (Å²) in [6.45, 7) is 5.17. The summed E-state index contributed by atoms with van der Waals surface area (Å²) >= 11 is 0. The van der Waals surface area contributed by atoms with Crippen molar-refractivity contribution in [3.8, 4) is 0 Å². The average Bonchev–Trinajstić information content (AvgIpc) is 3.22. The maximum atomic E-state index is 6.33. The van der Waals surface area contributed by atoms with Crippen molar-refractivity contribution >= 4 is 5.70 Å². The van der Waals surface area contributed by atoms with E-state index in [1.807, 2.05) is 12.5 Å². The number of hydrogen-bond acceptors (Lipinski definition) is 2. The van der Waals surface area contributed by atoms with Gasteiger partial charge in [0.15, 0.2) is 0 Å². The van der Waals surface area contributed by atoms with Gasteiger partial charge in [-0.1, -0.05) is 19.9 Å². The largest absolute Gasteiger partial charge is 0.328 e. The smallest absolute Gasteiger partial charge is 0.0989 e. The van der Waals surface area contributed by atoms with Crippen LogP contribution in [0.1, 0.15) is 65.2 Å². The van der Waals surface area contributed by atoms with Crippen molar-refractivity contribution in [1.82, 2.24) is 9.55 Å². The monoisotopic (exact) mass is 339 g/mol. The fraction of sp³-hybridized carbons (Fsp3) is 0.773. The first-order valence-electron chi connectivity index (χ1n) is 10.5. The van der Waals surface area contributed by atoms with Gasteiger partial charge in [0.1, 0.15) is 0 Å². The Morgan fingerprint density at radius 3 is 2.80 bits per heavy atom. The molecule has 0 radical (unpaired) electrons. The molecule has 3 fully saturated rings. The zero-order valence-electron chi connectivity index (χ0n) is 15.8. The summed E-state index contributed by atoms with van der Waals surface area (Å²) in [6.07, 6.45) is 19.3. The molecule has 0 bridgehead atoms. The molecule has 1 aromatic heterocycles. The number of allylic oxidation sites excluding steroid dienone is 2. The standard InChI is InChI=1S/C22H33N3/c1-21-9-7-16(23)13-15(21)3-4-17-18-5-6-20(25-12-11-24-14-25)22(18,2)10-8-19(17)21/h6,11-12,14-19H,3-5,7-10,13,23H2,1-2H3. The van der Waals surface area contributed by atoms with Crippen LogP contribution >= 0.6 is 0 Å². The Morgan fingerprint density at radius 1 is 1.12 bits per heavy atom. The molecule has 0 amide bonds. The van der Waals surface area contributed by atoms with Gasteiger partial charge >= 0.3 is 0 Å². The topological polar surface area (TPSA) is 43.8 Å². The second kappa shape index (κ2) is 5.45. The van der Waals surface area contributed by atoms with E-state index in [4.69, 9.17) is 5.73 Å². The van der Waals surface area contributed by atoms with Crippen molar-refractivity contribution in [2.45, 2.75) is 71.3 Å². The molecule has 7 atom stereocenters. The third-order valence-corrected chi connectivity index (χ3v) is 9.03. The Morgan fingerprint density at radius 2 is 2.00 bits per heavy atom. The van der Waals surface area contributed by atoms with Gasteiger partial charge in [-0.3, -0.25) is 0 Å². The number of imidazole rings is 1. The first-order valence-corrected chi connectivity index (χ1v) is 10.5. The minimum atomic E-state index is 0.343. The van der Waals surface area contributed by atoms with E-state index in [9.17, 15) is 0 Å². The van der Waals surface area contributed by atoms with E-state index < -0.39 is 0 Å². The quantitative estimate of drug-likeness (QED) is 0.805. The van der Waals surface area contributed by atoms with E-state index in [1.165, 1.54) is 57.1 Å². The minimum Gasteiger partial charge on any atom is -0.328 e. The molecule has 136 valence electrons.